The van der Waals surface area contributed by atoms with Crippen LogP contribution in [-0.4, -0.2) is 22.8 Å². The van der Waals surface area contributed by atoms with Gasteiger partial charge >= 0.3 is 5.97 Å². The molecule has 0 atom stereocenters. The van der Waals surface area contributed by atoms with Crippen molar-refractivity contribution in [3.8, 4) is 5.75 Å². The van der Waals surface area contributed by atoms with Crippen LogP contribution in [0.4, 0.5) is 5.69 Å². The smallest absolute Gasteiger partial charge is 0.371 e. The van der Waals surface area contributed by atoms with Gasteiger partial charge in [-0.25, -0.2) is 9.79 Å². The number of hydrogen-bond donors (Lipinski definition) is 2. The Labute approximate surface area is 125 Å². The van der Waals surface area contributed by atoms with Crippen LogP contribution in [-0.2, 0) is 6.61 Å². The zero-order valence-corrected chi connectivity index (χ0v) is 11.7. The molecule has 0 aliphatic carbocycles. The number of ether oxygens (including phenoxy) is 1. The molecular formula is C14H13ClN2O4. The largest absolute Gasteiger partial charge is 0.483 e. The van der Waals surface area contributed by atoms with Crippen LogP contribution in [0.5, 0.6) is 5.75 Å². The molecular weight excluding hydrogens is 296 g/mol. The van der Waals surface area contributed by atoms with Crippen LogP contribution in [0, 0.1) is 0 Å². The predicted molar refractivity (Wildman–Crippen MR) is 78.4 cm³/mol. The summed E-state index contributed by atoms with van der Waals surface area (Å²) < 4.78 is 10.7. The van der Waals surface area contributed by atoms with Gasteiger partial charge in [-0.2, -0.15) is 0 Å². The van der Waals surface area contributed by atoms with Gasteiger partial charge in [0.05, 0.1) is 5.88 Å². The Morgan fingerprint density at radius 1 is 1.33 bits per heavy atom. The summed E-state index contributed by atoms with van der Waals surface area (Å²) >= 11 is 5.59. The van der Waals surface area contributed by atoms with Gasteiger partial charge in [-0.05, 0) is 24.3 Å². The average Bonchev–Trinajstić information content (AvgIpc) is 2.95. The summed E-state index contributed by atoms with van der Waals surface area (Å²) in [5.41, 5.74) is 6.14. The van der Waals surface area contributed by atoms with E-state index in [0.29, 0.717) is 17.2 Å². The van der Waals surface area contributed by atoms with E-state index in [0.717, 1.165) is 0 Å². The lowest BCUT2D eigenvalue weighted by Crippen LogP contribution is -2.12. The van der Waals surface area contributed by atoms with Crippen molar-refractivity contribution >= 4 is 29.1 Å². The quantitative estimate of drug-likeness (QED) is 0.486. The first kappa shape index (κ1) is 14.9. The summed E-state index contributed by atoms with van der Waals surface area (Å²) in [6.45, 7) is 0.0839. The maximum atomic E-state index is 10.7. The van der Waals surface area contributed by atoms with Crippen molar-refractivity contribution in [1.29, 1.82) is 0 Å². The summed E-state index contributed by atoms with van der Waals surface area (Å²) in [4.78, 5) is 14.9. The van der Waals surface area contributed by atoms with Crippen molar-refractivity contribution < 1.29 is 19.1 Å². The summed E-state index contributed by atoms with van der Waals surface area (Å²) in [6, 6.07) is 9.96. The van der Waals surface area contributed by atoms with Crippen LogP contribution in [0.25, 0.3) is 0 Å². The minimum atomic E-state index is -1.12. The lowest BCUT2D eigenvalue weighted by atomic mass is 10.3. The fourth-order valence-corrected chi connectivity index (χ4v) is 1.64. The second kappa shape index (κ2) is 6.81. The van der Waals surface area contributed by atoms with E-state index in [-0.39, 0.29) is 24.1 Å². The molecule has 3 N–H and O–H groups in total. The number of hydrogen-bond acceptors (Lipinski definition) is 4. The first-order valence-electron chi connectivity index (χ1n) is 6.03. The highest BCUT2D eigenvalue weighted by molar-refractivity contribution is 6.28. The standard InChI is InChI=1S/C14H13ClN2O4/c15-7-13(16)17-10-3-1-2-4-11(10)20-8-9-5-6-12(21-9)14(18)19/h1-6H,7-8H2,(H2,16,17)(H,18,19). The highest BCUT2D eigenvalue weighted by atomic mass is 35.5. The normalized spacial score (nSPS) is 11.4. The summed E-state index contributed by atoms with van der Waals surface area (Å²) in [5, 5.41) is 8.78. The maximum absolute atomic E-state index is 10.7. The van der Waals surface area contributed by atoms with E-state index in [2.05, 4.69) is 4.99 Å². The predicted octanol–water partition coefficient (Wildman–Crippen LogP) is 2.78. The highest BCUT2D eigenvalue weighted by Crippen LogP contribution is 2.27. The molecule has 0 amide bonds. The number of carboxylic acid groups (broad SMARTS) is 1. The third kappa shape index (κ3) is 4.00. The molecule has 7 heteroatoms. The molecule has 21 heavy (non-hydrogen) atoms. The first-order valence-corrected chi connectivity index (χ1v) is 6.56. The van der Waals surface area contributed by atoms with Crippen molar-refractivity contribution in [2.75, 3.05) is 5.88 Å². The molecule has 1 heterocycles. The van der Waals surface area contributed by atoms with Gasteiger partial charge < -0.3 is 20.0 Å². The molecule has 110 valence electrons. The van der Waals surface area contributed by atoms with Crippen LogP contribution in [0.1, 0.15) is 16.3 Å². The molecule has 0 aliphatic heterocycles. The van der Waals surface area contributed by atoms with Gasteiger partial charge in [0.25, 0.3) is 0 Å². The van der Waals surface area contributed by atoms with E-state index < -0.39 is 5.97 Å². The fourth-order valence-electron chi connectivity index (χ4n) is 1.58. The van der Waals surface area contributed by atoms with Crippen LogP contribution in [0.3, 0.4) is 0 Å². The Morgan fingerprint density at radius 3 is 2.76 bits per heavy atom. The van der Waals surface area contributed by atoms with E-state index in [4.69, 9.17) is 31.6 Å². The lowest BCUT2D eigenvalue weighted by Gasteiger charge is -2.07. The molecule has 0 radical (unpaired) electrons. The fraction of sp³-hybridized carbons (Fsp3) is 0.143. The van der Waals surface area contributed by atoms with Crippen molar-refractivity contribution in [1.82, 2.24) is 0 Å². The van der Waals surface area contributed by atoms with Gasteiger partial charge in [-0.15, -0.1) is 11.6 Å². The van der Waals surface area contributed by atoms with Gasteiger partial charge in [-0.3, -0.25) is 0 Å². The lowest BCUT2D eigenvalue weighted by molar-refractivity contribution is 0.0658. The first-order chi connectivity index (χ1) is 10.1. The number of aromatic carboxylic acids is 1. The van der Waals surface area contributed by atoms with Crippen molar-refractivity contribution in [2.24, 2.45) is 10.7 Å². The number of halogens is 1. The summed E-state index contributed by atoms with van der Waals surface area (Å²) in [5.74, 6) is 0.0377. The number of benzene rings is 1. The van der Waals surface area contributed by atoms with E-state index in [1.54, 1.807) is 30.3 Å². The molecule has 1 aromatic heterocycles. The Kier molecular flexibility index (Phi) is 4.84. The zero-order chi connectivity index (χ0) is 15.2. The molecule has 0 spiro atoms. The minimum absolute atomic E-state index is 0.0839. The van der Waals surface area contributed by atoms with Crippen LogP contribution in [0.2, 0.25) is 0 Å². The number of alkyl halides is 1. The highest BCUT2D eigenvalue weighted by Gasteiger charge is 2.10. The molecule has 0 saturated heterocycles. The van der Waals surface area contributed by atoms with Crippen LogP contribution in [0.15, 0.2) is 45.8 Å². The SMILES string of the molecule is NC(CCl)=Nc1ccccc1OCc1ccc(C(=O)O)o1. The Bertz CT molecular complexity index is 666. The average molecular weight is 309 g/mol. The van der Waals surface area contributed by atoms with Gasteiger partial charge in [-0.1, -0.05) is 12.1 Å². The Hall–Kier alpha value is -2.47. The molecule has 0 saturated carbocycles. The van der Waals surface area contributed by atoms with E-state index in [9.17, 15) is 4.79 Å². The molecule has 0 unspecified atom stereocenters. The van der Waals surface area contributed by atoms with Gasteiger partial charge in [0, 0.05) is 0 Å². The monoisotopic (exact) mass is 308 g/mol. The third-order valence-electron chi connectivity index (χ3n) is 2.51. The second-order valence-electron chi connectivity index (χ2n) is 4.06. The van der Waals surface area contributed by atoms with Crippen LogP contribution >= 0.6 is 11.6 Å². The number of rotatable bonds is 6. The number of furan rings is 1. The number of carbonyl (C=O) groups is 1. The molecule has 0 aliphatic rings. The molecule has 0 bridgehead atoms. The zero-order valence-electron chi connectivity index (χ0n) is 11.0. The third-order valence-corrected chi connectivity index (χ3v) is 2.78. The Morgan fingerprint density at radius 2 is 2.10 bits per heavy atom. The summed E-state index contributed by atoms with van der Waals surface area (Å²) in [7, 11) is 0. The van der Waals surface area contributed by atoms with Gasteiger partial charge in [0.1, 0.15) is 29.6 Å². The molecule has 2 rings (SSSR count). The van der Waals surface area contributed by atoms with Crippen molar-refractivity contribution in [2.45, 2.75) is 6.61 Å². The number of carboxylic acids is 1. The maximum Gasteiger partial charge on any atom is 0.371 e. The molecule has 2 aromatic rings. The van der Waals surface area contributed by atoms with Crippen molar-refractivity contribution in [3.63, 3.8) is 0 Å². The molecule has 0 fully saturated rings. The van der Waals surface area contributed by atoms with E-state index in [1.807, 2.05) is 0 Å². The number of nitrogens with two attached hydrogens (primary N) is 1. The second-order valence-corrected chi connectivity index (χ2v) is 4.33. The number of amidine groups is 1. The molecule has 1 aromatic carbocycles. The van der Waals surface area contributed by atoms with Gasteiger partial charge in [0.2, 0.25) is 5.76 Å². The topological polar surface area (TPSA) is 98.1 Å². The van der Waals surface area contributed by atoms with Crippen molar-refractivity contribution in [3.05, 3.63) is 47.9 Å². The number of para-hydroxylation sites is 2. The van der Waals surface area contributed by atoms with E-state index >= 15 is 0 Å². The van der Waals surface area contributed by atoms with E-state index in [1.165, 1.54) is 6.07 Å². The minimum Gasteiger partial charge on any atom is -0.483 e. The van der Waals surface area contributed by atoms with Gasteiger partial charge in [0.15, 0.2) is 0 Å². The molecule has 6 nitrogen and oxygen atoms in total. The van der Waals surface area contributed by atoms with Crippen LogP contribution < -0.4 is 10.5 Å². The summed E-state index contributed by atoms with van der Waals surface area (Å²) in [6.07, 6.45) is 0. The number of aliphatic imine (C=N–C) groups is 1. The number of nitrogens with zero attached hydrogens (tertiary/aromatic N) is 1. The Balaban J connectivity index is 2.11.